The van der Waals surface area contributed by atoms with Gasteiger partial charge < -0.3 is 20.5 Å². The lowest BCUT2D eigenvalue weighted by Gasteiger charge is -2.11. The molecule has 3 aromatic rings. The van der Waals surface area contributed by atoms with Gasteiger partial charge in [0.25, 0.3) is 0 Å². The number of rotatable bonds is 3. The van der Waals surface area contributed by atoms with Crippen molar-refractivity contribution >= 4 is 45.8 Å². The molecule has 0 radical (unpaired) electrons. The summed E-state index contributed by atoms with van der Waals surface area (Å²) in [6.07, 6.45) is 1.86. The fourth-order valence-corrected chi connectivity index (χ4v) is 3.42. The van der Waals surface area contributed by atoms with E-state index in [0.29, 0.717) is 23.1 Å². The van der Waals surface area contributed by atoms with Crippen molar-refractivity contribution in [1.82, 2.24) is 9.97 Å². The van der Waals surface area contributed by atoms with Gasteiger partial charge >= 0.3 is 0 Å². The molecule has 0 aliphatic carbocycles. The third-order valence-corrected chi connectivity index (χ3v) is 4.78. The number of aromatic nitrogens is 2. The van der Waals surface area contributed by atoms with Crippen LogP contribution >= 0.6 is 22.6 Å². The van der Waals surface area contributed by atoms with Crippen LogP contribution in [0.25, 0.3) is 11.3 Å². The van der Waals surface area contributed by atoms with Crippen LogP contribution < -0.4 is 15.4 Å². The van der Waals surface area contributed by atoms with Crippen LogP contribution in [0.5, 0.6) is 11.5 Å². The number of nitrogens with one attached hydrogen (secondary N) is 2. The second-order valence-electron chi connectivity index (χ2n) is 6.03. The highest BCUT2D eigenvalue weighted by molar-refractivity contribution is 14.1. The molecule has 1 amide bonds. The van der Waals surface area contributed by atoms with Crippen LogP contribution in [0.1, 0.15) is 5.56 Å². The topological polar surface area (TPSA) is 96.4 Å². The first-order valence-electron chi connectivity index (χ1n) is 8.12. The van der Waals surface area contributed by atoms with Crippen molar-refractivity contribution in [3.63, 3.8) is 0 Å². The van der Waals surface area contributed by atoms with Gasteiger partial charge in [0.1, 0.15) is 11.5 Å². The number of nitrogens with zero attached hydrogens (tertiary/aromatic N) is 2. The molecule has 1 aromatic heterocycles. The molecule has 4 rings (SSSR count). The number of carbonyl (C=O) groups is 1. The molecular weight excluding hydrogens is 459 g/mol. The lowest BCUT2D eigenvalue weighted by Crippen LogP contribution is -2.12. The molecule has 0 unspecified atom stereocenters. The van der Waals surface area contributed by atoms with Crippen LogP contribution in [-0.2, 0) is 11.2 Å². The summed E-state index contributed by atoms with van der Waals surface area (Å²) in [5, 5.41) is 15.8. The minimum Gasteiger partial charge on any atom is -0.508 e. The molecule has 0 bridgehead atoms. The number of phenolic OH excluding ortho intramolecular Hbond substituents is 1. The Labute approximate surface area is 169 Å². The van der Waals surface area contributed by atoms with Crippen molar-refractivity contribution in [2.75, 3.05) is 17.7 Å². The third-order valence-electron chi connectivity index (χ3n) is 4.11. The van der Waals surface area contributed by atoms with Crippen LogP contribution in [0.15, 0.2) is 42.6 Å². The molecule has 2 heterocycles. The predicted molar refractivity (Wildman–Crippen MR) is 110 cm³/mol. The summed E-state index contributed by atoms with van der Waals surface area (Å²) in [5.41, 5.74) is 3.62. The van der Waals surface area contributed by atoms with E-state index in [1.54, 1.807) is 18.3 Å². The van der Waals surface area contributed by atoms with Crippen LogP contribution in [0.2, 0.25) is 0 Å². The van der Waals surface area contributed by atoms with Crippen molar-refractivity contribution in [3.8, 4) is 22.8 Å². The molecule has 2 aromatic carbocycles. The highest BCUT2D eigenvalue weighted by Crippen LogP contribution is 2.34. The van der Waals surface area contributed by atoms with E-state index >= 15 is 0 Å². The Morgan fingerprint density at radius 1 is 1.26 bits per heavy atom. The molecule has 0 fully saturated rings. The minimum atomic E-state index is -0.0981. The maximum atomic E-state index is 12.2. The fraction of sp³-hybridized carbons (Fsp3) is 0.105. The number of benzene rings is 2. The zero-order valence-corrected chi connectivity index (χ0v) is 16.4. The van der Waals surface area contributed by atoms with Crippen LogP contribution in [0.4, 0.5) is 17.3 Å². The number of fused-ring (bicyclic) bond motifs is 3. The first kappa shape index (κ1) is 17.5. The SMILES string of the molecule is COc1cc(O)cc(Nc2ncc3c(n2)-c2ccc(I)cc2NC(=O)C3)c1. The maximum absolute atomic E-state index is 12.2. The van der Waals surface area contributed by atoms with Crippen LogP contribution in [0.3, 0.4) is 0 Å². The van der Waals surface area contributed by atoms with Gasteiger partial charge in [0.05, 0.1) is 24.9 Å². The molecule has 0 saturated carbocycles. The summed E-state index contributed by atoms with van der Waals surface area (Å²) < 4.78 is 6.19. The first-order valence-corrected chi connectivity index (χ1v) is 9.20. The predicted octanol–water partition coefficient (Wildman–Crippen LogP) is 3.70. The Balaban J connectivity index is 1.76. The van der Waals surface area contributed by atoms with Crippen molar-refractivity contribution in [2.45, 2.75) is 6.42 Å². The van der Waals surface area contributed by atoms with Gasteiger partial charge in [0, 0.05) is 44.8 Å². The molecule has 1 aliphatic rings. The van der Waals surface area contributed by atoms with Crippen molar-refractivity contribution in [1.29, 1.82) is 0 Å². The van der Waals surface area contributed by atoms with Gasteiger partial charge in [-0.1, -0.05) is 0 Å². The van der Waals surface area contributed by atoms with E-state index in [-0.39, 0.29) is 18.1 Å². The first-order chi connectivity index (χ1) is 13.0. The normalized spacial score (nSPS) is 12.4. The van der Waals surface area contributed by atoms with Gasteiger partial charge in [-0.15, -0.1) is 0 Å². The Morgan fingerprint density at radius 3 is 2.93 bits per heavy atom. The van der Waals surface area contributed by atoms with E-state index in [2.05, 4.69) is 43.2 Å². The molecular formula is C19H15IN4O3. The van der Waals surface area contributed by atoms with E-state index < -0.39 is 0 Å². The molecule has 8 heteroatoms. The zero-order valence-electron chi connectivity index (χ0n) is 14.3. The van der Waals surface area contributed by atoms with Crippen LogP contribution in [-0.4, -0.2) is 28.1 Å². The molecule has 136 valence electrons. The summed E-state index contributed by atoms with van der Waals surface area (Å²) in [6.45, 7) is 0. The van der Waals surface area contributed by atoms with E-state index in [9.17, 15) is 9.90 Å². The number of ether oxygens (including phenoxy) is 1. The van der Waals surface area contributed by atoms with Gasteiger partial charge in [0.15, 0.2) is 0 Å². The van der Waals surface area contributed by atoms with Gasteiger partial charge in [-0.05, 0) is 40.8 Å². The van der Waals surface area contributed by atoms with Crippen molar-refractivity contribution < 1.29 is 14.6 Å². The van der Waals surface area contributed by atoms with Crippen LogP contribution in [0, 0.1) is 3.57 Å². The number of hydrogen-bond donors (Lipinski definition) is 3. The largest absolute Gasteiger partial charge is 0.508 e. The smallest absolute Gasteiger partial charge is 0.228 e. The van der Waals surface area contributed by atoms with Crippen molar-refractivity contribution in [3.05, 3.63) is 51.7 Å². The number of amides is 1. The zero-order chi connectivity index (χ0) is 19.0. The summed E-state index contributed by atoms with van der Waals surface area (Å²) in [4.78, 5) is 21.1. The summed E-state index contributed by atoms with van der Waals surface area (Å²) in [6, 6.07) is 10.6. The molecule has 3 N–H and O–H groups in total. The van der Waals surface area contributed by atoms with Gasteiger partial charge in [0.2, 0.25) is 11.9 Å². The number of phenols is 1. The number of hydrogen-bond acceptors (Lipinski definition) is 6. The number of carbonyl (C=O) groups excluding carboxylic acids is 1. The second-order valence-corrected chi connectivity index (χ2v) is 7.27. The van der Waals surface area contributed by atoms with Gasteiger partial charge in [-0.25, -0.2) is 9.97 Å². The molecule has 0 saturated heterocycles. The van der Waals surface area contributed by atoms with E-state index in [0.717, 1.165) is 20.4 Å². The Bertz CT molecular complexity index is 1060. The highest BCUT2D eigenvalue weighted by Gasteiger charge is 2.21. The Hall–Kier alpha value is -2.88. The summed E-state index contributed by atoms with van der Waals surface area (Å²) >= 11 is 2.20. The maximum Gasteiger partial charge on any atom is 0.228 e. The number of anilines is 3. The molecule has 0 atom stereocenters. The number of aromatic hydroxyl groups is 1. The monoisotopic (exact) mass is 474 g/mol. The average molecular weight is 474 g/mol. The van der Waals surface area contributed by atoms with E-state index in [1.807, 2.05) is 18.2 Å². The number of halogens is 1. The van der Waals surface area contributed by atoms with Crippen molar-refractivity contribution in [2.24, 2.45) is 0 Å². The Morgan fingerprint density at radius 2 is 2.11 bits per heavy atom. The Kier molecular flexibility index (Phi) is 4.56. The number of methoxy groups -OCH3 is 1. The van der Waals surface area contributed by atoms with E-state index in [4.69, 9.17) is 4.74 Å². The van der Waals surface area contributed by atoms with Gasteiger partial charge in [-0.3, -0.25) is 4.79 Å². The molecule has 27 heavy (non-hydrogen) atoms. The lowest BCUT2D eigenvalue weighted by molar-refractivity contribution is -0.115. The summed E-state index contributed by atoms with van der Waals surface area (Å²) in [7, 11) is 1.53. The molecule has 0 spiro atoms. The quantitative estimate of drug-likeness (QED) is 0.502. The third kappa shape index (κ3) is 3.65. The summed E-state index contributed by atoms with van der Waals surface area (Å²) in [5.74, 6) is 0.850. The molecule has 7 nitrogen and oxygen atoms in total. The van der Waals surface area contributed by atoms with E-state index in [1.165, 1.54) is 13.2 Å². The lowest BCUT2D eigenvalue weighted by atomic mass is 10.1. The highest BCUT2D eigenvalue weighted by atomic mass is 127. The molecule has 1 aliphatic heterocycles. The minimum absolute atomic E-state index is 0.0707. The fourth-order valence-electron chi connectivity index (χ4n) is 2.93. The standard InChI is InChI=1S/C19H15IN4O3/c1-27-14-7-12(6-13(25)8-14)22-19-21-9-10-4-17(26)23-16-5-11(20)2-3-15(16)18(10)24-19/h2-3,5-9,25H,4H2,1H3,(H,23,26)(H,21,22,24). The van der Waals surface area contributed by atoms with Gasteiger partial charge in [-0.2, -0.15) is 0 Å². The average Bonchev–Trinajstić information content (AvgIpc) is 2.75. The second kappa shape index (κ2) is 7.03.